The number of fused-ring (bicyclic) bond motifs is 1. The number of rotatable bonds is 7. The van der Waals surface area contributed by atoms with Crippen LogP contribution in [-0.2, 0) is 17.8 Å². The number of carbonyl (C=O) groups excluding carboxylic acids is 3. The van der Waals surface area contributed by atoms with Crippen molar-refractivity contribution >= 4 is 23.3 Å². The monoisotopic (exact) mass is 447 g/mol. The number of aromatic nitrogens is 1. The minimum atomic E-state index is -0.776. The smallest absolute Gasteiger partial charge is 0.293 e. The van der Waals surface area contributed by atoms with Crippen molar-refractivity contribution in [3.63, 3.8) is 0 Å². The van der Waals surface area contributed by atoms with E-state index in [4.69, 9.17) is 16.8 Å². The Morgan fingerprint density at radius 1 is 1.27 bits per heavy atom. The number of carbonyl (C=O) groups is 3. The summed E-state index contributed by atoms with van der Waals surface area (Å²) in [6.07, 6.45) is 3.97. The van der Waals surface area contributed by atoms with Gasteiger partial charge in [0.05, 0.1) is 28.4 Å². The van der Waals surface area contributed by atoms with E-state index < -0.39 is 23.1 Å². The van der Waals surface area contributed by atoms with Crippen LogP contribution in [0, 0.1) is 18.3 Å². The second-order valence-corrected chi connectivity index (χ2v) is 8.33. The van der Waals surface area contributed by atoms with Gasteiger partial charge in [0.1, 0.15) is 5.69 Å². The maximum absolute atomic E-state index is 13.2. The number of nitrogens with two attached hydrogens (primary N) is 2. The van der Waals surface area contributed by atoms with Crippen molar-refractivity contribution in [1.29, 1.82) is 5.26 Å². The zero-order valence-corrected chi connectivity index (χ0v) is 18.2. The largest absolute Gasteiger partial charge is 0.399 e. The highest BCUT2D eigenvalue weighted by Crippen LogP contribution is 2.40. The van der Waals surface area contributed by atoms with Crippen LogP contribution in [0.3, 0.4) is 0 Å². The van der Waals surface area contributed by atoms with Crippen LogP contribution in [0.15, 0.2) is 36.2 Å². The molecule has 0 radical (unpaired) electrons. The predicted molar refractivity (Wildman–Crippen MR) is 121 cm³/mol. The van der Waals surface area contributed by atoms with Crippen LogP contribution in [-0.4, -0.2) is 27.7 Å². The van der Waals surface area contributed by atoms with Crippen molar-refractivity contribution in [1.82, 2.24) is 15.3 Å². The quantitative estimate of drug-likeness (QED) is 0.182. The molecule has 0 spiro atoms. The zero-order valence-electron chi connectivity index (χ0n) is 18.2. The molecular weight excluding hydrogens is 422 g/mol. The van der Waals surface area contributed by atoms with Gasteiger partial charge in [-0.2, -0.15) is 5.26 Å². The lowest BCUT2D eigenvalue weighted by atomic mass is 10.0. The van der Waals surface area contributed by atoms with Crippen LogP contribution in [0.2, 0.25) is 0 Å². The van der Waals surface area contributed by atoms with Gasteiger partial charge in [-0.15, -0.1) is 0 Å². The number of amides is 2. The molecule has 4 rings (SSSR count). The van der Waals surface area contributed by atoms with Crippen molar-refractivity contribution in [2.75, 3.05) is 5.32 Å². The summed E-state index contributed by atoms with van der Waals surface area (Å²) in [5.41, 5.74) is 10.5. The van der Waals surface area contributed by atoms with Gasteiger partial charge >= 0.3 is 0 Å². The Bertz CT molecular complexity index is 1230. The Balaban J connectivity index is 1.62. The fourth-order valence-corrected chi connectivity index (χ4v) is 4.40. The lowest BCUT2D eigenvalue weighted by Gasteiger charge is -2.17. The van der Waals surface area contributed by atoms with E-state index in [1.54, 1.807) is 35.8 Å². The average molecular weight is 447 g/mol. The van der Waals surface area contributed by atoms with Crippen molar-refractivity contribution in [3.8, 4) is 6.07 Å². The molecule has 1 fully saturated rings. The third-order valence-electron chi connectivity index (χ3n) is 6.20. The molecule has 7 N–H and O–H groups in total. The van der Waals surface area contributed by atoms with Gasteiger partial charge < -0.3 is 26.4 Å². The molecule has 33 heavy (non-hydrogen) atoms. The number of nitrogens with one attached hydrogen (secondary N) is 3. The van der Waals surface area contributed by atoms with E-state index in [0.717, 1.165) is 6.42 Å². The number of hydrogen-bond acceptors (Lipinski definition) is 7. The highest BCUT2D eigenvalue weighted by atomic mass is 16.2. The molecule has 1 aliphatic carbocycles. The highest BCUT2D eigenvalue weighted by molar-refractivity contribution is 6.44. The van der Waals surface area contributed by atoms with Crippen LogP contribution < -0.4 is 27.6 Å². The van der Waals surface area contributed by atoms with Gasteiger partial charge in [-0.1, -0.05) is 6.07 Å². The minimum absolute atomic E-state index is 0.260. The Kier molecular flexibility index (Phi) is 5.66. The van der Waals surface area contributed by atoms with Crippen LogP contribution >= 0.6 is 0 Å². The summed E-state index contributed by atoms with van der Waals surface area (Å²) < 4.78 is 1.80. The van der Waals surface area contributed by atoms with Gasteiger partial charge in [-0.3, -0.25) is 20.2 Å². The fourth-order valence-electron chi connectivity index (χ4n) is 4.40. The Hall–Kier alpha value is -4.10. The molecule has 2 amide bonds. The second-order valence-electron chi connectivity index (χ2n) is 8.33. The first kappa shape index (κ1) is 22.1. The molecule has 0 atom stereocenters. The van der Waals surface area contributed by atoms with E-state index in [1.165, 1.54) is 6.20 Å². The van der Waals surface area contributed by atoms with E-state index in [2.05, 4.69) is 16.1 Å². The minimum Gasteiger partial charge on any atom is -0.399 e. The lowest BCUT2D eigenvalue weighted by molar-refractivity contribution is -0.117. The number of Topliss-reactive ketones (excluding diaryl/α,β-unsaturated/α-hetero) is 1. The summed E-state index contributed by atoms with van der Waals surface area (Å²) in [5.74, 6) is 3.42. The Morgan fingerprint density at radius 3 is 2.70 bits per heavy atom. The second kappa shape index (κ2) is 8.44. The fraction of sp³-hybridized carbons (Fsp3) is 0.304. The van der Waals surface area contributed by atoms with E-state index in [9.17, 15) is 14.4 Å². The normalized spacial score (nSPS) is 15.8. The van der Waals surface area contributed by atoms with Crippen LogP contribution in [0.5, 0.6) is 0 Å². The highest BCUT2D eigenvalue weighted by Gasteiger charge is 2.48. The van der Waals surface area contributed by atoms with Crippen LogP contribution in [0.1, 0.15) is 56.9 Å². The van der Waals surface area contributed by atoms with E-state index in [-0.39, 0.29) is 5.56 Å². The standard InChI is InChI=1S/C23H25N7O3/c1-13-18(20(31)22(33)29-23(7-8-23)17(25)12-27-26)16-6-3-9-30(16)19(13)21(32)28-15-5-2-4-14(10-15)11-24/h2,4-5,10,12,27H,3,6-9,25-26H2,1H3,(H,28,32)(H,29,33)/b17-12-. The van der Waals surface area contributed by atoms with Gasteiger partial charge in [-0.05, 0) is 56.4 Å². The summed E-state index contributed by atoms with van der Waals surface area (Å²) in [4.78, 5) is 39.2. The number of anilines is 1. The maximum Gasteiger partial charge on any atom is 0.293 e. The van der Waals surface area contributed by atoms with E-state index in [1.807, 2.05) is 6.07 Å². The third kappa shape index (κ3) is 3.94. The lowest BCUT2D eigenvalue weighted by Crippen LogP contribution is -2.45. The van der Waals surface area contributed by atoms with Gasteiger partial charge in [0, 0.05) is 24.1 Å². The summed E-state index contributed by atoms with van der Waals surface area (Å²) in [6.45, 7) is 2.25. The molecule has 0 unspecified atom stereocenters. The Morgan fingerprint density at radius 2 is 2.03 bits per heavy atom. The molecular formula is C23H25N7O3. The van der Waals surface area contributed by atoms with E-state index >= 15 is 0 Å². The number of hydrazine groups is 1. The topological polar surface area (TPSA) is 168 Å². The molecule has 1 aliphatic heterocycles. The number of benzene rings is 1. The average Bonchev–Trinajstić information content (AvgIpc) is 3.33. The first-order valence-corrected chi connectivity index (χ1v) is 10.6. The van der Waals surface area contributed by atoms with Gasteiger partial charge in [0.2, 0.25) is 0 Å². The van der Waals surface area contributed by atoms with Crippen molar-refractivity contribution in [3.05, 3.63) is 64.2 Å². The van der Waals surface area contributed by atoms with Crippen molar-refractivity contribution in [2.24, 2.45) is 11.6 Å². The van der Waals surface area contributed by atoms with Crippen LogP contribution in [0.4, 0.5) is 5.69 Å². The van der Waals surface area contributed by atoms with Gasteiger partial charge in [0.15, 0.2) is 0 Å². The molecule has 0 bridgehead atoms. The summed E-state index contributed by atoms with van der Waals surface area (Å²) in [7, 11) is 0. The number of nitriles is 1. The number of hydrogen-bond donors (Lipinski definition) is 5. The molecule has 0 saturated heterocycles. The molecule has 2 heterocycles. The molecule has 10 nitrogen and oxygen atoms in total. The number of ketones is 1. The summed E-state index contributed by atoms with van der Waals surface area (Å²) >= 11 is 0. The predicted octanol–water partition coefficient (Wildman–Crippen LogP) is 0.962. The molecule has 170 valence electrons. The molecule has 1 aromatic carbocycles. The summed E-state index contributed by atoms with van der Waals surface area (Å²) in [5, 5.41) is 14.6. The zero-order chi connectivity index (χ0) is 23.8. The molecule has 2 aromatic rings. The Labute approximate surface area is 190 Å². The molecule has 2 aliphatic rings. The summed E-state index contributed by atoms with van der Waals surface area (Å²) in [6, 6.07) is 8.61. The first-order chi connectivity index (χ1) is 15.8. The first-order valence-electron chi connectivity index (χ1n) is 10.6. The van der Waals surface area contributed by atoms with Gasteiger partial charge in [0.25, 0.3) is 17.6 Å². The SMILES string of the molecule is Cc1c(C(=O)C(=O)NC2(/C(N)=C/NN)CC2)c2n(c1C(=O)Nc1cccc(C#N)c1)CCC2. The molecule has 1 saturated carbocycles. The van der Waals surface area contributed by atoms with Crippen molar-refractivity contribution in [2.45, 2.75) is 44.7 Å². The third-order valence-corrected chi connectivity index (χ3v) is 6.20. The van der Waals surface area contributed by atoms with Crippen molar-refractivity contribution < 1.29 is 14.4 Å². The maximum atomic E-state index is 13.2. The van der Waals surface area contributed by atoms with Gasteiger partial charge in [-0.25, -0.2) is 0 Å². The van der Waals surface area contributed by atoms with Crippen LogP contribution in [0.25, 0.3) is 0 Å². The number of nitrogens with zero attached hydrogens (tertiary/aromatic N) is 2. The molecule has 1 aromatic heterocycles. The van der Waals surface area contributed by atoms with E-state index in [0.29, 0.717) is 59.7 Å². The molecule has 10 heteroatoms.